The molecule has 0 saturated carbocycles. The number of rotatable bonds is 10. The number of amides is 1. The molecule has 1 amide bonds. The summed E-state index contributed by atoms with van der Waals surface area (Å²) in [4.78, 5) is 12.6. The van der Waals surface area contributed by atoms with Crippen molar-refractivity contribution in [2.45, 2.75) is 70.3 Å². The number of nitrogens with one attached hydrogen (secondary N) is 3. The SMILES string of the molecule is CB(O)NC(CCCCNS(=O)(=O)c1ccc(C)cc1)C(=O)NC(C)(C)C. The van der Waals surface area contributed by atoms with Crippen LogP contribution in [0.3, 0.4) is 0 Å². The average molecular weight is 397 g/mol. The molecule has 0 aliphatic rings. The molecule has 0 bridgehead atoms. The Morgan fingerprint density at radius 3 is 2.30 bits per heavy atom. The Morgan fingerprint density at radius 1 is 1.19 bits per heavy atom. The van der Waals surface area contributed by atoms with Crippen LogP contribution in [-0.4, -0.2) is 44.5 Å². The van der Waals surface area contributed by atoms with E-state index in [1.807, 2.05) is 27.7 Å². The quantitative estimate of drug-likeness (QED) is 0.353. The maximum atomic E-state index is 12.3. The van der Waals surface area contributed by atoms with Crippen LogP contribution < -0.4 is 15.3 Å². The highest BCUT2D eigenvalue weighted by molar-refractivity contribution is 7.89. The molecule has 0 radical (unpaired) electrons. The first-order chi connectivity index (χ1) is 12.4. The van der Waals surface area contributed by atoms with Crippen LogP contribution in [0.1, 0.15) is 45.6 Å². The summed E-state index contributed by atoms with van der Waals surface area (Å²) < 4.78 is 27.0. The third kappa shape index (κ3) is 9.37. The molecule has 0 heterocycles. The van der Waals surface area contributed by atoms with Gasteiger partial charge in [-0.15, -0.1) is 0 Å². The molecule has 0 saturated heterocycles. The molecule has 0 fully saturated rings. The van der Waals surface area contributed by atoms with Gasteiger partial charge in [-0.1, -0.05) is 24.1 Å². The van der Waals surface area contributed by atoms with E-state index in [0.29, 0.717) is 25.8 Å². The Kier molecular flexibility index (Phi) is 8.94. The van der Waals surface area contributed by atoms with E-state index in [2.05, 4.69) is 15.3 Å². The van der Waals surface area contributed by atoms with Gasteiger partial charge >= 0.3 is 7.05 Å². The van der Waals surface area contributed by atoms with Crippen LogP contribution in [0.5, 0.6) is 0 Å². The molecule has 0 spiro atoms. The van der Waals surface area contributed by atoms with E-state index in [-0.39, 0.29) is 16.3 Å². The summed E-state index contributed by atoms with van der Waals surface area (Å²) in [6.45, 7) is 9.43. The van der Waals surface area contributed by atoms with Crippen LogP contribution in [-0.2, 0) is 14.8 Å². The first kappa shape index (κ1) is 23.6. The van der Waals surface area contributed by atoms with Gasteiger partial charge < -0.3 is 15.6 Å². The molecule has 1 rings (SSSR count). The molecule has 0 aliphatic heterocycles. The van der Waals surface area contributed by atoms with Crippen molar-refractivity contribution in [3.8, 4) is 0 Å². The number of carbonyl (C=O) groups is 1. The van der Waals surface area contributed by atoms with Gasteiger partial charge in [-0.3, -0.25) is 4.79 Å². The molecule has 0 aliphatic carbocycles. The Balaban J connectivity index is 2.48. The van der Waals surface area contributed by atoms with Crippen molar-refractivity contribution < 1.29 is 18.2 Å². The average Bonchev–Trinajstić information content (AvgIpc) is 2.51. The van der Waals surface area contributed by atoms with Crippen molar-refractivity contribution in [2.75, 3.05) is 6.54 Å². The normalized spacial score (nSPS) is 13.3. The Bertz CT molecular complexity index is 700. The number of aryl methyl sites for hydroxylation is 1. The zero-order valence-electron chi connectivity index (χ0n) is 16.9. The minimum absolute atomic E-state index is 0.177. The lowest BCUT2D eigenvalue weighted by Gasteiger charge is -2.26. The van der Waals surface area contributed by atoms with Crippen molar-refractivity contribution in [1.82, 2.24) is 15.3 Å². The Morgan fingerprint density at radius 2 is 1.78 bits per heavy atom. The van der Waals surface area contributed by atoms with Gasteiger partial charge in [0.05, 0.1) is 10.9 Å². The standard InChI is InChI=1S/C18H32BN3O4S/c1-14-9-11-15(12-10-14)27(25,26)20-13-7-6-8-16(22-19(5)24)17(23)21-18(2,3)4/h9-12,16,20,22,24H,6-8,13H2,1-5H3,(H,21,23). The number of benzene rings is 1. The van der Waals surface area contributed by atoms with Gasteiger partial charge in [0.25, 0.3) is 0 Å². The lowest BCUT2D eigenvalue weighted by molar-refractivity contribution is -0.124. The number of unbranched alkanes of at least 4 members (excludes halogenated alkanes) is 1. The van der Waals surface area contributed by atoms with Crippen molar-refractivity contribution in [1.29, 1.82) is 0 Å². The molecule has 1 unspecified atom stereocenters. The second kappa shape index (κ2) is 10.2. The van der Waals surface area contributed by atoms with E-state index in [1.54, 1.807) is 31.1 Å². The van der Waals surface area contributed by atoms with E-state index >= 15 is 0 Å². The fraction of sp³-hybridized carbons (Fsp3) is 0.611. The molecule has 152 valence electrons. The third-order valence-corrected chi connectivity index (χ3v) is 5.28. The Hall–Kier alpha value is -1.42. The first-order valence-electron chi connectivity index (χ1n) is 9.23. The van der Waals surface area contributed by atoms with E-state index in [4.69, 9.17) is 0 Å². The number of carbonyl (C=O) groups excluding carboxylic acids is 1. The summed E-state index contributed by atoms with van der Waals surface area (Å²) in [5.41, 5.74) is 0.637. The second-order valence-corrected chi connectivity index (χ2v) is 9.61. The monoisotopic (exact) mass is 397 g/mol. The molecular weight excluding hydrogens is 365 g/mol. The summed E-state index contributed by atoms with van der Waals surface area (Å²) in [7, 11) is -4.33. The molecule has 0 aromatic heterocycles. The van der Waals surface area contributed by atoms with Crippen LogP contribution >= 0.6 is 0 Å². The second-order valence-electron chi connectivity index (χ2n) is 7.84. The lowest BCUT2D eigenvalue weighted by atomic mass is 9.86. The van der Waals surface area contributed by atoms with E-state index < -0.39 is 23.1 Å². The zero-order chi connectivity index (χ0) is 20.7. The van der Waals surface area contributed by atoms with Crippen molar-refractivity contribution in [2.24, 2.45) is 0 Å². The molecule has 7 nitrogen and oxygen atoms in total. The highest BCUT2D eigenvalue weighted by atomic mass is 32.2. The van der Waals surface area contributed by atoms with Crippen molar-refractivity contribution >= 4 is 23.0 Å². The predicted octanol–water partition coefficient (Wildman–Crippen LogP) is 1.43. The van der Waals surface area contributed by atoms with Gasteiger partial charge in [0.2, 0.25) is 15.9 Å². The van der Waals surface area contributed by atoms with Gasteiger partial charge in [-0.25, -0.2) is 13.1 Å². The zero-order valence-corrected chi connectivity index (χ0v) is 17.7. The number of hydrogen-bond acceptors (Lipinski definition) is 5. The molecule has 1 aromatic rings. The van der Waals surface area contributed by atoms with E-state index in [0.717, 1.165) is 5.56 Å². The maximum Gasteiger partial charge on any atom is 0.374 e. The molecule has 4 N–H and O–H groups in total. The summed E-state index contributed by atoms with van der Waals surface area (Å²) in [6, 6.07) is 6.15. The minimum atomic E-state index is -3.52. The molecule has 27 heavy (non-hydrogen) atoms. The number of sulfonamides is 1. The fourth-order valence-electron chi connectivity index (χ4n) is 2.52. The maximum absolute atomic E-state index is 12.3. The van der Waals surface area contributed by atoms with Crippen LogP contribution in [0.4, 0.5) is 0 Å². The molecule has 1 aromatic carbocycles. The lowest BCUT2D eigenvalue weighted by Crippen LogP contribution is -2.53. The van der Waals surface area contributed by atoms with Crippen molar-refractivity contribution in [3.63, 3.8) is 0 Å². The topological polar surface area (TPSA) is 108 Å². The smallest absolute Gasteiger partial charge is 0.374 e. The summed E-state index contributed by atoms with van der Waals surface area (Å²) in [6.07, 6.45) is 1.73. The summed E-state index contributed by atoms with van der Waals surface area (Å²) in [5, 5.41) is 15.3. The number of hydrogen-bond donors (Lipinski definition) is 4. The first-order valence-corrected chi connectivity index (χ1v) is 10.7. The highest BCUT2D eigenvalue weighted by Crippen LogP contribution is 2.10. The predicted molar refractivity (Wildman–Crippen MR) is 109 cm³/mol. The van der Waals surface area contributed by atoms with Crippen molar-refractivity contribution in [3.05, 3.63) is 29.8 Å². The third-order valence-electron chi connectivity index (χ3n) is 3.80. The van der Waals surface area contributed by atoms with Crippen LogP contribution in [0, 0.1) is 6.92 Å². The molecule has 9 heteroatoms. The van der Waals surface area contributed by atoms with Crippen LogP contribution in [0.2, 0.25) is 6.82 Å². The summed E-state index contributed by atoms with van der Waals surface area (Å²) >= 11 is 0. The minimum Gasteiger partial charge on any atom is -0.437 e. The molecule has 1 atom stereocenters. The van der Waals surface area contributed by atoms with E-state index in [1.165, 1.54) is 0 Å². The molecular formula is C18H32BN3O4S. The van der Waals surface area contributed by atoms with Gasteiger partial charge in [0.15, 0.2) is 0 Å². The largest absolute Gasteiger partial charge is 0.437 e. The van der Waals surface area contributed by atoms with Crippen LogP contribution in [0.15, 0.2) is 29.2 Å². The van der Waals surface area contributed by atoms with Gasteiger partial charge in [-0.05, 0) is 59.5 Å². The fourth-order valence-corrected chi connectivity index (χ4v) is 3.59. The van der Waals surface area contributed by atoms with E-state index in [9.17, 15) is 18.2 Å². The van der Waals surface area contributed by atoms with Gasteiger partial charge in [0.1, 0.15) is 0 Å². The van der Waals surface area contributed by atoms with Gasteiger partial charge in [0, 0.05) is 12.1 Å². The summed E-state index contributed by atoms with van der Waals surface area (Å²) in [5.74, 6) is -0.177. The van der Waals surface area contributed by atoms with Crippen LogP contribution in [0.25, 0.3) is 0 Å². The Labute approximate surface area is 163 Å². The van der Waals surface area contributed by atoms with Gasteiger partial charge in [-0.2, -0.15) is 0 Å². The highest BCUT2D eigenvalue weighted by Gasteiger charge is 2.24.